The van der Waals surface area contributed by atoms with Crippen molar-refractivity contribution in [3.8, 4) is 0 Å². The quantitative estimate of drug-likeness (QED) is 0.591. The van der Waals surface area contributed by atoms with Crippen molar-refractivity contribution >= 4 is 6.03 Å². The second-order valence-electron chi connectivity index (χ2n) is 5.54. The van der Waals surface area contributed by atoms with Crippen molar-refractivity contribution < 1.29 is 35.7 Å². The number of carbonyl (C=O) groups excluding carboxylic acids is 1. The molecular formula is C15H14F6N3O+. The van der Waals surface area contributed by atoms with Crippen molar-refractivity contribution in [1.82, 2.24) is 9.47 Å². The molecule has 25 heavy (non-hydrogen) atoms. The minimum atomic E-state index is -4.92. The van der Waals surface area contributed by atoms with E-state index in [1.165, 1.54) is 19.6 Å². The maximum atomic E-state index is 12.8. The maximum absolute atomic E-state index is 12.8. The van der Waals surface area contributed by atoms with Crippen LogP contribution in [0.15, 0.2) is 36.9 Å². The van der Waals surface area contributed by atoms with Crippen LogP contribution in [0.5, 0.6) is 0 Å². The first-order valence-electron chi connectivity index (χ1n) is 6.95. The second-order valence-corrected chi connectivity index (χ2v) is 5.54. The van der Waals surface area contributed by atoms with Crippen LogP contribution in [0.1, 0.15) is 16.7 Å². The van der Waals surface area contributed by atoms with E-state index in [4.69, 9.17) is 0 Å². The number of carbonyl (C=O) groups is 1. The first-order valence-corrected chi connectivity index (χ1v) is 6.95. The molecule has 4 nitrogen and oxygen atoms in total. The van der Waals surface area contributed by atoms with Crippen molar-refractivity contribution in [2.24, 2.45) is 7.05 Å². The summed E-state index contributed by atoms with van der Waals surface area (Å²) < 4.78 is 79.8. The Labute approximate surface area is 138 Å². The number of amides is 1. The molecule has 2 aromatic rings. The van der Waals surface area contributed by atoms with Gasteiger partial charge in [0.2, 0.25) is 0 Å². The number of imidazole rings is 1. The van der Waals surface area contributed by atoms with Crippen molar-refractivity contribution in [1.29, 1.82) is 0 Å². The van der Waals surface area contributed by atoms with Gasteiger partial charge >= 0.3 is 18.4 Å². The zero-order chi connectivity index (χ0) is 19.0. The van der Waals surface area contributed by atoms with Crippen LogP contribution in [0.4, 0.5) is 31.1 Å². The minimum Gasteiger partial charge on any atom is -0.303 e. The number of alkyl halides is 6. The summed E-state index contributed by atoms with van der Waals surface area (Å²) in [7, 11) is 2.95. The van der Waals surface area contributed by atoms with Crippen LogP contribution in [0, 0.1) is 0 Å². The van der Waals surface area contributed by atoms with Crippen molar-refractivity contribution in [2.45, 2.75) is 18.9 Å². The molecule has 0 saturated carbocycles. The van der Waals surface area contributed by atoms with Crippen LogP contribution < -0.4 is 4.57 Å². The zero-order valence-electron chi connectivity index (χ0n) is 13.2. The largest absolute Gasteiger partial charge is 0.416 e. The Hall–Kier alpha value is -2.52. The molecule has 1 aromatic carbocycles. The highest BCUT2D eigenvalue weighted by molar-refractivity contribution is 5.76. The zero-order valence-corrected chi connectivity index (χ0v) is 13.2. The smallest absolute Gasteiger partial charge is 0.303 e. The van der Waals surface area contributed by atoms with Crippen LogP contribution in [-0.4, -0.2) is 22.5 Å². The molecule has 0 aliphatic rings. The van der Waals surface area contributed by atoms with Gasteiger partial charge in [-0.2, -0.15) is 30.9 Å². The molecule has 0 bridgehead atoms. The Morgan fingerprint density at radius 1 is 1.08 bits per heavy atom. The summed E-state index contributed by atoms with van der Waals surface area (Å²) in [5, 5.41) is 0. The molecule has 1 heterocycles. The van der Waals surface area contributed by atoms with Gasteiger partial charge in [-0.3, -0.25) is 0 Å². The first-order chi connectivity index (χ1) is 11.4. The number of hydrogen-bond acceptors (Lipinski definition) is 1. The molecule has 10 heteroatoms. The topological polar surface area (TPSA) is 29.1 Å². The predicted molar refractivity (Wildman–Crippen MR) is 74.3 cm³/mol. The first kappa shape index (κ1) is 18.8. The van der Waals surface area contributed by atoms with E-state index in [1.54, 1.807) is 17.8 Å². The molecular weight excluding hydrogens is 352 g/mol. The van der Waals surface area contributed by atoms with Crippen LogP contribution in [0.2, 0.25) is 0 Å². The lowest BCUT2D eigenvalue weighted by atomic mass is 10.0. The molecule has 0 N–H and O–H groups in total. The summed E-state index contributed by atoms with van der Waals surface area (Å²) in [6.45, 7) is -0.409. The number of halogens is 6. The number of hydrogen-bond donors (Lipinski definition) is 0. The monoisotopic (exact) mass is 366 g/mol. The highest BCUT2D eigenvalue weighted by atomic mass is 19.4. The molecule has 0 radical (unpaired) electrons. The standard InChI is InChI=1S/C15H14F6N3O/c1-22-3-4-24(9-22)13(25)23(2)8-10-5-11(14(16,17)18)7-12(6-10)15(19,20)21/h3-7,9H,8H2,1-2H3/q+1. The molecule has 0 atom stereocenters. The fourth-order valence-electron chi connectivity index (χ4n) is 2.21. The van der Waals surface area contributed by atoms with Crippen molar-refractivity contribution in [3.63, 3.8) is 0 Å². The summed E-state index contributed by atoms with van der Waals surface area (Å²) in [6, 6.07) is 0.673. The lowest BCUT2D eigenvalue weighted by molar-refractivity contribution is -0.670. The van der Waals surface area contributed by atoms with E-state index in [0.717, 1.165) is 9.47 Å². The fourth-order valence-corrected chi connectivity index (χ4v) is 2.21. The van der Waals surface area contributed by atoms with Gasteiger partial charge in [0, 0.05) is 13.6 Å². The molecule has 0 aliphatic heterocycles. The van der Waals surface area contributed by atoms with E-state index < -0.39 is 36.1 Å². The van der Waals surface area contributed by atoms with Gasteiger partial charge < -0.3 is 4.90 Å². The highest BCUT2D eigenvalue weighted by Gasteiger charge is 2.37. The highest BCUT2D eigenvalue weighted by Crippen LogP contribution is 2.36. The normalized spacial score (nSPS) is 12.3. The molecule has 136 valence electrons. The molecule has 0 aliphatic carbocycles. The third kappa shape index (κ3) is 4.52. The molecule has 0 saturated heterocycles. The van der Waals surface area contributed by atoms with E-state index in [1.807, 2.05) is 0 Å². The van der Waals surface area contributed by atoms with E-state index in [9.17, 15) is 31.1 Å². The Morgan fingerprint density at radius 3 is 2.00 bits per heavy atom. The lowest BCUT2D eigenvalue weighted by Gasteiger charge is -2.18. The van der Waals surface area contributed by atoms with E-state index in [0.29, 0.717) is 12.1 Å². The van der Waals surface area contributed by atoms with Crippen LogP contribution >= 0.6 is 0 Å². The van der Waals surface area contributed by atoms with Gasteiger partial charge in [-0.25, -0.2) is 9.36 Å². The van der Waals surface area contributed by atoms with Crippen molar-refractivity contribution in [2.75, 3.05) is 7.05 Å². The van der Waals surface area contributed by atoms with Gasteiger partial charge in [0.15, 0.2) is 0 Å². The number of nitrogens with zero attached hydrogens (tertiary/aromatic N) is 3. The third-order valence-corrected chi connectivity index (χ3v) is 3.38. The molecule has 1 amide bonds. The average molecular weight is 366 g/mol. The van der Waals surface area contributed by atoms with Gasteiger partial charge in [-0.05, 0) is 23.8 Å². The molecule has 0 unspecified atom stereocenters. The minimum absolute atomic E-state index is 0.0528. The Bertz CT molecular complexity index is 746. The third-order valence-electron chi connectivity index (χ3n) is 3.38. The SMILES string of the molecule is CN(Cc1cc(C(F)(F)F)cc(C(F)(F)F)c1)C(=O)n1cc[n+](C)c1. The van der Waals surface area contributed by atoms with Gasteiger partial charge in [0.1, 0.15) is 12.4 Å². The Kier molecular flexibility index (Phi) is 4.83. The number of aromatic nitrogens is 2. The molecule has 0 spiro atoms. The van der Waals surface area contributed by atoms with Crippen LogP contribution in [-0.2, 0) is 25.9 Å². The summed E-state index contributed by atoms with van der Waals surface area (Å²) in [5.41, 5.74) is -3.09. The number of benzene rings is 1. The summed E-state index contributed by atoms with van der Waals surface area (Å²) >= 11 is 0. The maximum Gasteiger partial charge on any atom is 0.416 e. The van der Waals surface area contributed by atoms with Crippen LogP contribution in [0.3, 0.4) is 0 Å². The van der Waals surface area contributed by atoms with Crippen LogP contribution in [0.25, 0.3) is 0 Å². The molecule has 0 fully saturated rings. The Morgan fingerprint density at radius 2 is 1.60 bits per heavy atom. The van der Waals surface area contributed by atoms with Gasteiger partial charge in [0.25, 0.3) is 6.33 Å². The van der Waals surface area contributed by atoms with E-state index >= 15 is 0 Å². The summed E-state index contributed by atoms with van der Waals surface area (Å²) in [5.74, 6) is 0. The molecule has 1 aromatic heterocycles. The van der Waals surface area contributed by atoms with Gasteiger partial charge in [-0.15, -0.1) is 0 Å². The number of rotatable bonds is 2. The number of aryl methyl sites for hydroxylation is 1. The summed E-state index contributed by atoms with van der Waals surface area (Å²) in [6.07, 6.45) is -5.43. The van der Waals surface area contributed by atoms with Gasteiger partial charge in [-0.1, -0.05) is 0 Å². The van der Waals surface area contributed by atoms with E-state index in [2.05, 4.69) is 0 Å². The Balaban J connectivity index is 2.33. The predicted octanol–water partition coefficient (Wildman–Crippen LogP) is 3.45. The fraction of sp³-hybridized carbons (Fsp3) is 0.333. The average Bonchev–Trinajstić information content (AvgIpc) is 2.90. The molecule has 2 rings (SSSR count). The lowest BCUT2D eigenvalue weighted by Crippen LogP contribution is -2.32. The van der Waals surface area contributed by atoms with Crippen molar-refractivity contribution in [3.05, 3.63) is 53.6 Å². The summed E-state index contributed by atoms with van der Waals surface area (Å²) in [4.78, 5) is 13.2. The van der Waals surface area contributed by atoms with E-state index in [-0.39, 0.29) is 11.6 Å². The van der Waals surface area contributed by atoms with Gasteiger partial charge in [0.05, 0.1) is 18.2 Å². The second kappa shape index (κ2) is 6.41.